The number of carbonyl (C=O) groups excluding carboxylic acids is 1. The first-order valence-corrected chi connectivity index (χ1v) is 14.3. The highest BCUT2D eigenvalue weighted by Gasteiger charge is 2.18. The van der Waals surface area contributed by atoms with Crippen LogP contribution in [0.5, 0.6) is 17.2 Å². The molecule has 2 aromatic carbocycles. The molecule has 0 spiro atoms. The molecule has 3 aromatic heterocycles. The summed E-state index contributed by atoms with van der Waals surface area (Å²) in [7, 11) is 1.80. The zero-order valence-corrected chi connectivity index (χ0v) is 24.9. The number of fused-ring (bicyclic) bond motifs is 2. The van der Waals surface area contributed by atoms with E-state index in [0.717, 1.165) is 43.3 Å². The summed E-state index contributed by atoms with van der Waals surface area (Å²) in [4.78, 5) is 25.3. The number of hydrogen-bond donors (Lipinski definition) is 2. The van der Waals surface area contributed by atoms with Gasteiger partial charge in [0, 0.05) is 32.3 Å². The van der Waals surface area contributed by atoms with Crippen molar-refractivity contribution >= 4 is 45.3 Å². The number of aryl methyl sites for hydroxylation is 2. The largest absolute Gasteiger partial charge is 0.457 e. The van der Waals surface area contributed by atoms with Crippen LogP contribution in [-0.2, 0) is 11.8 Å². The van der Waals surface area contributed by atoms with Gasteiger partial charge >= 0.3 is 6.61 Å². The Balaban J connectivity index is 0.000000743. The van der Waals surface area contributed by atoms with Gasteiger partial charge in [0.25, 0.3) is 0 Å². The Morgan fingerprint density at radius 1 is 1.04 bits per heavy atom. The number of alkyl halides is 2. The molecule has 45 heavy (non-hydrogen) atoms. The molecule has 0 saturated carbocycles. The summed E-state index contributed by atoms with van der Waals surface area (Å²) in [6.07, 6.45) is 7.12. The van der Waals surface area contributed by atoms with Gasteiger partial charge in [0.2, 0.25) is 5.91 Å². The minimum absolute atomic E-state index is 0.0911. The number of pyridine rings is 1. The van der Waals surface area contributed by atoms with E-state index in [1.807, 2.05) is 25.1 Å². The van der Waals surface area contributed by atoms with Gasteiger partial charge in [0.15, 0.2) is 11.6 Å². The third-order valence-corrected chi connectivity index (χ3v) is 7.15. The van der Waals surface area contributed by atoms with Gasteiger partial charge in [-0.05, 0) is 61.7 Å². The first-order chi connectivity index (χ1) is 21.7. The topological polar surface area (TPSA) is 146 Å². The monoisotopic (exact) mass is 617 g/mol. The van der Waals surface area contributed by atoms with E-state index in [4.69, 9.17) is 14.5 Å². The van der Waals surface area contributed by atoms with Crippen LogP contribution in [0.2, 0.25) is 0 Å². The number of nitrogens with zero attached hydrogens (tertiary/aromatic N) is 7. The molecule has 5 aromatic rings. The lowest BCUT2D eigenvalue weighted by Gasteiger charge is -2.22. The van der Waals surface area contributed by atoms with Crippen molar-refractivity contribution in [1.82, 2.24) is 29.9 Å². The number of amides is 1. The Morgan fingerprint density at radius 3 is 2.51 bits per heavy atom. The quantitative estimate of drug-likeness (QED) is 0.205. The van der Waals surface area contributed by atoms with E-state index in [-0.39, 0.29) is 5.75 Å². The van der Waals surface area contributed by atoms with Crippen molar-refractivity contribution < 1.29 is 23.0 Å². The van der Waals surface area contributed by atoms with Crippen LogP contribution in [0.15, 0.2) is 61.4 Å². The summed E-state index contributed by atoms with van der Waals surface area (Å²) in [6, 6.07) is 12.3. The third kappa shape index (κ3) is 7.58. The molecular weight excluding hydrogens is 584 g/mol. The van der Waals surface area contributed by atoms with Crippen LogP contribution in [0.3, 0.4) is 0 Å². The number of anilines is 3. The molecule has 3 N–H and O–H groups in total. The van der Waals surface area contributed by atoms with Gasteiger partial charge in [0.1, 0.15) is 34.7 Å². The summed E-state index contributed by atoms with van der Waals surface area (Å²) >= 11 is 0. The van der Waals surface area contributed by atoms with E-state index in [1.54, 1.807) is 29.9 Å². The van der Waals surface area contributed by atoms with Gasteiger partial charge in [-0.2, -0.15) is 8.78 Å². The lowest BCUT2D eigenvalue weighted by atomic mass is 10.1. The molecule has 1 saturated heterocycles. The Labute approximate surface area is 257 Å². The van der Waals surface area contributed by atoms with Gasteiger partial charge in [-0.25, -0.2) is 19.6 Å². The highest BCUT2D eigenvalue weighted by atomic mass is 19.3. The first-order valence-electron chi connectivity index (χ1n) is 14.3. The predicted molar refractivity (Wildman–Crippen MR) is 167 cm³/mol. The number of rotatable bonds is 8. The van der Waals surface area contributed by atoms with E-state index in [1.165, 1.54) is 25.2 Å². The molecule has 6 rings (SSSR count). The highest BCUT2D eigenvalue weighted by Crippen LogP contribution is 2.38. The standard InChI is InChI=1S/C28H28F2N8O2.C3H5NO/c1-17-13-21(24(40-28(29)30)15-23(17)39-18-7-9-22-20(14-18)35-36-37(22)2)33-27-26-19(31-16-32-27)8-10-25(34-26)38-11-5-3-4-6-12-38;1-2-3(4)5/h7-10,13-16,28H,3-6,11-12H2,1-2H3,(H,31,32,33);2H,1H2,(H2,4,5). The molecule has 1 fully saturated rings. The van der Waals surface area contributed by atoms with Crippen molar-refractivity contribution in [3.05, 3.63) is 67.0 Å². The number of halogens is 2. The Bertz CT molecular complexity index is 1820. The molecule has 1 aliphatic heterocycles. The lowest BCUT2D eigenvalue weighted by Crippen LogP contribution is -2.24. The summed E-state index contributed by atoms with van der Waals surface area (Å²) in [6.45, 7) is 3.74. The molecule has 0 aliphatic carbocycles. The molecule has 0 atom stereocenters. The van der Waals surface area contributed by atoms with Crippen molar-refractivity contribution in [3.63, 3.8) is 0 Å². The normalized spacial score (nSPS) is 13.2. The lowest BCUT2D eigenvalue weighted by molar-refractivity contribution is -0.113. The number of carbonyl (C=O) groups is 1. The van der Waals surface area contributed by atoms with Gasteiger partial charge in [-0.3, -0.25) is 4.79 Å². The fourth-order valence-electron chi connectivity index (χ4n) is 4.91. The zero-order chi connectivity index (χ0) is 31.9. The van der Waals surface area contributed by atoms with Gasteiger partial charge in [-0.15, -0.1) is 5.10 Å². The fourth-order valence-corrected chi connectivity index (χ4v) is 4.91. The van der Waals surface area contributed by atoms with Crippen LogP contribution in [0.25, 0.3) is 22.1 Å². The number of aromatic nitrogens is 6. The molecular formula is C31H33F2N9O3. The molecule has 12 nitrogen and oxygen atoms in total. The van der Waals surface area contributed by atoms with Crippen LogP contribution in [0.1, 0.15) is 31.2 Å². The fraction of sp³-hybridized carbons (Fsp3) is 0.290. The molecule has 1 amide bonds. The van der Waals surface area contributed by atoms with Crippen molar-refractivity contribution in [2.45, 2.75) is 39.2 Å². The van der Waals surface area contributed by atoms with Crippen LogP contribution in [0, 0.1) is 6.92 Å². The molecule has 0 unspecified atom stereocenters. The van der Waals surface area contributed by atoms with Crippen LogP contribution < -0.4 is 25.4 Å². The van der Waals surface area contributed by atoms with Gasteiger partial charge in [-0.1, -0.05) is 24.6 Å². The highest BCUT2D eigenvalue weighted by molar-refractivity contribution is 5.89. The Hall–Kier alpha value is -5.40. The minimum Gasteiger partial charge on any atom is -0.457 e. The number of ether oxygens (including phenoxy) is 2. The smallest absolute Gasteiger partial charge is 0.387 e. The second-order valence-corrected chi connectivity index (χ2v) is 10.4. The van der Waals surface area contributed by atoms with Crippen LogP contribution in [0.4, 0.5) is 26.1 Å². The van der Waals surface area contributed by atoms with Crippen LogP contribution >= 0.6 is 0 Å². The van der Waals surface area contributed by atoms with E-state index in [2.05, 4.69) is 42.8 Å². The molecule has 4 heterocycles. The summed E-state index contributed by atoms with van der Waals surface area (Å²) < 4.78 is 39.5. The second-order valence-electron chi connectivity index (χ2n) is 10.4. The van der Waals surface area contributed by atoms with E-state index < -0.39 is 12.5 Å². The summed E-state index contributed by atoms with van der Waals surface area (Å²) in [5.74, 6) is 1.51. The molecule has 14 heteroatoms. The van der Waals surface area contributed by atoms with E-state index in [0.29, 0.717) is 45.1 Å². The minimum atomic E-state index is -3.04. The maximum absolute atomic E-state index is 13.5. The number of benzene rings is 2. The Kier molecular flexibility index (Phi) is 9.61. The third-order valence-electron chi connectivity index (χ3n) is 7.15. The first kappa shape index (κ1) is 31.0. The second kappa shape index (κ2) is 13.9. The molecule has 234 valence electrons. The van der Waals surface area contributed by atoms with Gasteiger partial charge < -0.3 is 25.4 Å². The number of nitrogens with one attached hydrogen (secondary N) is 1. The molecule has 0 radical (unpaired) electrons. The van der Waals surface area contributed by atoms with Crippen LogP contribution in [-0.4, -0.2) is 55.6 Å². The van der Waals surface area contributed by atoms with Crippen molar-refractivity contribution in [1.29, 1.82) is 0 Å². The number of hydrogen-bond acceptors (Lipinski definition) is 10. The average molecular weight is 618 g/mol. The number of primary amides is 1. The van der Waals surface area contributed by atoms with Gasteiger partial charge in [0.05, 0.1) is 16.7 Å². The average Bonchev–Trinajstić information content (AvgIpc) is 3.20. The zero-order valence-electron chi connectivity index (χ0n) is 24.9. The van der Waals surface area contributed by atoms with Crippen molar-refractivity contribution in [3.8, 4) is 17.2 Å². The number of nitrogens with two attached hydrogens (primary N) is 1. The summed E-state index contributed by atoms with van der Waals surface area (Å²) in [5, 5.41) is 11.3. The maximum atomic E-state index is 13.5. The van der Waals surface area contributed by atoms with E-state index in [9.17, 15) is 13.6 Å². The summed E-state index contributed by atoms with van der Waals surface area (Å²) in [5.41, 5.74) is 8.22. The SMILES string of the molecule is C=CC(N)=O.Cc1cc(Nc2ncnc3ccc(N4CCCCCC4)nc23)c(OC(F)F)cc1Oc1ccc2c(c1)nnn2C. The van der Waals surface area contributed by atoms with Crippen molar-refractivity contribution in [2.75, 3.05) is 23.3 Å². The van der Waals surface area contributed by atoms with Crippen molar-refractivity contribution in [2.24, 2.45) is 12.8 Å². The van der Waals surface area contributed by atoms with E-state index >= 15 is 0 Å². The predicted octanol–water partition coefficient (Wildman–Crippen LogP) is 5.79. The molecule has 0 bridgehead atoms. The molecule has 1 aliphatic rings. The Morgan fingerprint density at radius 2 is 1.80 bits per heavy atom. The maximum Gasteiger partial charge on any atom is 0.387 e.